The van der Waals surface area contributed by atoms with Crippen LogP contribution < -0.4 is 5.32 Å². The molecule has 2 aromatic rings. The molecule has 0 bridgehead atoms. The molecule has 0 aliphatic rings. The van der Waals surface area contributed by atoms with Gasteiger partial charge in [-0.2, -0.15) is 0 Å². The van der Waals surface area contributed by atoms with Crippen molar-refractivity contribution in [3.63, 3.8) is 0 Å². The van der Waals surface area contributed by atoms with Crippen molar-refractivity contribution >= 4 is 5.69 Å². The molecule has 0 heterocycles. The van der Waals surface area contributed by atoms with Crippen molar-refractivity contribution in [3.05, 3.63) is 65.2 Å². The Labute approximate surface area is 112 Å². The molecule has 0 saturated heterocycles. The van der Waals surface area contributed by atoms with E-state index < -0.39 is 0 Å². The Morgan fingerprint density at radius 1 is 1.11 bits per heavy atom. The number of anilines is 1. The largest absolute Gasteiger partial charge is 0.378 e. The predicted octanol–water partition coefficient (Wildman–Crippen LogP) is 4.84. The van der Waals surface area contributed by atoms with Crippen LogP contribution in [0.15, 0.2) is 42.5 Å². The number of aryl methyl sites for hydroxylation is 1. The Bertz CT molecular complexity index is 566. The van der Waals surface area contributed by atoms with Crippen molar-refractivity contribution < 1.29 is 8.78 Å². The van der Waals surface area contributed by atoms with Crippen molar-refractivity contribution in [2.24, 2.45) is 0 Å². The zero-order valence-electron chi connectivity index (χ0n) is 11.1. The van der Waals surface area contributed by atoms with Crippen LogP contribution >= 0.6 is 0 Å². The third kappa shape index (κ3) is 3.11. The highest BCUT2D eigenvalue weighted by molar-refractivity contribution is 5.52. The smallest absolute Gasteiger partial charge is 0.128 e. The molecule has 100 valence electrons. The van der Waals surface area contributed by atoms with Gasteiger partial charge in [-0.1, -0.05) is 31.2 Å². The van der Waals surface area contributed by atoms with Crippen LogP contribution in [-0.2, 0) is 0 Å². The first kappa shape index (κ1) is 13.5. The highest BCUT2D eigenvalue weighted by Crippen LogP contribution is 2.26. The maximum absolute atomic E-state index is 13.8. The molecule has 0 radical (unpaired) electrons. The lowest BCUT2D eigenvalue weighted by Gasteiger charge is -2.20. The quantitative estimate of drug-likeness (QED) is 0.830. The first-order valence-electron chi connectivity index (χ1n) is 6.39. The van der Waals surface area contributed by atoms with Crippen molar-refractivity contribution in [1.29, 1.82) is 0 Å². The van der Waals surface area contributed by atoms with E-state index in [1.165, 1.54) is 18.2 Å². The molecule has 0 aromatic heterocycles. The summed E-state index contributed by atoms with van der Waals surface area (Å²) in [7, 11) is 0. The second-order valence-corrected chi connectivity index (χ2v) is 4.59. The van der Waals surface area contributed by atoms with Gasteiger partial charge < -0.3 is 5.32 Å². The summed E-state index contributed by atoms with van der Waals surface area (Å²) in [5, 5.41) is 3.21. The number of rotatable bonds is 4. The van der Waals surface area contributed by atoms with Crippen molar-refractivity contribution in [2.75, 3.05) is 5.32 Å². The fraction of sp³-hybridized carbons (Fsp3) is 0.250. The topological polar surface area (TPSA) is 12.0 Å². The lowest BCUT2D eigenvalue weighted by molar-refractivity contribution is 0.586. The van der Waals surface area contributed by atoms with Gasteiger partial charge in [-0.25, -0.2) is 8.78 Å². The van der Waals surface area contributed by atoms with E-state index in [1.54, 1.807) is 24.3 Å². The fourth-order valence-electron chi connectivity index (χ4n) is 2.09. The number of nitrogens with one attached hydrogen (secondary N) is 1. The highest BCUT2D eigenvalue weighted by Gasteiger charge is 2.14. The summed E-state index contributed by atoms with van der Waals surface area (Å²) >= 11 is 0. The number of halogens is 2. The molecule has 0 aliphatic heterocycles. The average Bonchev–Trinajstić information content (AvgIpc) is 2.41. The summed E-state index contributed by atoms with van der Waals surface area (Å²) in [5.74, 6) is -0.535. The monoisotopic (exact) mass is 261 g/mol. The van der Waals surface area contributed by atoms with E-state index in [9.17, 15) is 8.78 Å². The first-order chi connectivity index (χ1) is 9.11. The second-order valence-electron chi connectivity index (χ2n) is 4.59. The lowest BCUT2D eigenvalue weighted by Crippen LogP contribution is -2.12. The van der Waals surface area contributed by atoms with Gasteiger partial charge in [0.2, 0.25) is 0 Å². The minimum absolute atomic E-state index is 0.165. The SMILES string of the molecule is CCC(Nc1cc(F)ccc1C)c1ccccc1F. The average molecular weight is 261 g/mol. The molecule has 0 amide bonds. The van der Waals surface area contributed by atoms with Crippen LogP contribution in [0.4, 0.5) is 14.5 Å². The molecule has 1 N–H and O–H groups in total. The lowest BCUT2D eigenvalue weighted by atomic mass is 10.0. The molecule has 1 unspecified atom stereocenters. The van der Waals surface area contributed by atoms with E-state index in [1.807, 2.05) is 13.8 Å². The summed E-state index contributed by atoms with van der Waals surface area (Å²) in [4.78, 5) is 0. The van der Waals surface area contributed by atoms with Gasteiger partial charge in [-0.3, -0.25) is 0 Å². The zero-order chi connectivity index (χ0) is 13.8. The van der Waals surface area contributed by atoms with Gasteiger partial charge >= 0.3 is 0 Å². The van der Waals surface area contributed by atoms with E-state index in [0.717, 1.165) is 12.0 Å². The molecular formula is C16H17F2N. The summed E-state index contributed by atoms with van der Waals surface area (Å²) in [6.45, 7) is 3.87. The normalized spacial score (nSPS) is 12.2. The first-order valence-corrected chi connectivity index (χ1v) is 6.39. The molecule has 3 heteroatoms. The zero-order valence-corrected chi connectivity index (χ0v) is 11.1. The van der Waals surface area contributed by atoms with Gasteiger partial charge in [0.05, 0.1) is 6.04 Å². The Morgan fingerprint density at radius 2 is 1.84 bits per heavy atom. The van der Waals surface area contributed by atoms with Gasteiger partial charge in [0, 0.05) is 11.3 Å². The Balaban J connectivity index is 2.29. The number of hydrogen-bond donors (Lipinski definition) is 1. The van der Waals surface area contributed by atoms with Crippen molar-refractivity contribution in [2.45, 2.75) is 26.3 Å². The fourth-order valence-corrected chi connectivity index (χ4v) is 2.09. The van der Waals surface area contributed by atoms with Gasteiger partial charge in [0.15, 0.2) is 0 Å². The molecule has 2 aromatic carbocycles. The third-order valence-corrected chi connectivity index (χ3v) is 3.22. The summed E-state index contributed by atoms with van der Waals surface area (Å²) in [6, 6.07) is 11.1. The van der Waals surface area contributed by atoms with Crippen LogP contribution in [0.2, 0.25) is 0 Å². The molecule has 1 nitrogen and oxygen atoms in total. The Hall–Kier alpha value is -1.90. The van der Waals surface area contributed by atoms with Crippen molar-refractivity contribution in [3.8, 4) is 0 Å². The van der Waals surface area contributed by atoms with Gasteiger partial charge in [-0.15, -0.1) is 0 Å². The van der Waals surface area contributed by atoms with Crippen LogP contribution in [0, 0.1) is 18.6 Å². The second kappa shape index (κ2) is 5.83. The van der Waals surface area contributed by atoms with E-state index >= 15 is 0 Å². The summed E-state index contributed by atoms with van der Waals surface area (Å²) < 4.78 is 27.1. The standard InChI is InChI=1S/C16H17F2N/c1-3-15(13-6-4-5-7-14(13)18)19-16-10-12(17)9-8-11(16)2/h4-10,15,19H,3H2,1-2H3. The molecule has 2 rings (SSSR count). The van der Waals surface area contributed by atoms with Crippen molar-refractivity contribution in [1.82, 2.24) is 0 Å². The Morgan fingerprint density at radius 3 is 2.53 bits per heavy atom. The van der Waals surface area contributed by atoms with E-state index in [-0.39, 0.29) is 17.7 Å². The van der Waals surface area contributed by atoms with E-state index in [4.69, 9.17) is 0 Å². The van der Waals surface area contributed by atoms with Crippen LogP contribution in [0.3, 0.4) is 0 Å². The molecular weight excluding hydrogens is 244 g/mol. The maximum atomic E-state index is 13.8. The van der Waals surface area contributed by atoms with Gasteiger partial charge in [0.1, 0.15) is 11.6 Å². The number of benzene rings is 2. The maximum Gasteiger partial charge on any atom is 0.128 e. The minimum Gasteiger partial charge on any atom is -0.378 e. The third-order valence-electron chi connectivity index (χ3n) is 3.22. The molecule has 1 atom stereocenters. The predicted molar refractivity (Wildman–Crippen MR) is 74.2 cm³/mol. The molecule has 0 saturated carbocycles. The van der Waals surface area contributed by atoms with Gasteiger partial charge in [0.25, 0.3) is 0 Å². The van der Waals surface area contributed by atoms with Crippen LogP contribution in [0.5, 0.6) is 0 Å². The molecule has 0 aliphatic carbocycles. The van der Waals surface area contributed by atoms with Crippen LogP contribution in [0.25, 0.3) is 0 Å². The number of hydrogen-bond acceptors (Lipinski definition) is 1. The summed E-state index contributed by atoms with van der Waals surface area (Å²) in [6.07, 6.45) is 0.719. The molecule has 0 fully saturated rings. The van der Waals surface area contributed by atoms with Gasteiger partial charge in [-0.05, 0) is 37.1 Å². The summed E-state index contributed by atoms with van der Waals surface area (Å²) in [5.41, 5.74) is 2.25. The molecule has 19 heavy (non-hydrogen) atoms. The minimum atomic E-state index is -0.295. The molecule has 0 spiro atoms. The highest BCUT2D eigenvalue weighted by atomic mass is 19.1. The van der Waals surface area contributed by atoms with Crippen LogP contribution in [-0.4, -0.2) is 0 Å². The van der Waals surface area contributed by atoms with Crippen LogP contribution in [0.1, 0.15) is 30.5 Å². The Kier molecular flexibility index (Phi) is 4.15. The van der Waals surface area contributed by atoms with E-state index in [2.05, 4.69) is 5.32 Å². The van der Waals surface area contributed by atoms with E-state index in [0.29, 0.717) is 11.3 Å².